The maximum Gasteiger partial charge on any atom is 0.259 e. The topological polar surface area (TPSA) is 78.1 Å². The fourth-order valence-corrected chi connectivity index (χ4v) is 4.62. The van der Waals surface area contributed by atoms with Crippen molar-refractivity contribution in [3.05, 3.63) is 26.6 Å². The Labute approximate surface area is 144 Å². The Bertz CT molecular complexity index is 837. The summed E-state index contributed by atoms with van der Waals surface area (Å²) in [6.07, 6.45) is 6.57. The van der Waals surface area contributed by atoms with E-state index < -0.39 is 0 Å². The van der Waals surface area contributed by atoms with Crippen molar-refractivity contribution in [2.24, 2.45) is 0 Å². The van der Waals surface area contributed by atoms with Gasteiger partial charge in [-0.25, -0.2) is 4.98 Å². The minimum Gasteiger partial charge on any atom is -0.352 e. The number of hydrogen-bond donors (Lipinski definition) is 2. The van der Waals surface area contributed by atoms with Gasteiger partial charge in [-0.05, 0) is 51.1 Å². The third-order valence-electron chi connectivity index (χ3n) is 4.65. The highest BCUT2D eigenvalue weighted by Crippen LogP contribution is 2.33. The lowest BCUT2D eigenvalue weighted by Gasteiger charge is -2.15. The second-order valence-electron chi connectivity index (χ2n) is 6.92. The SMILES string of the molecule is CN(CC(=O)NC1CC1)Cc1nc2sc3c(c2c(=O)[nH]1)CCCC3. The molecule has 1 saturated carbocycles. The van der Waals surface area contributed by atoms with E-state index in [0.29, 0.717) is 25.0 Å². The molecule has 0 atom stereocenters. The lowest BCUT2D eigenvalue weighted by atomic mass is 9.97. The Balaban J connectivity index is 1.51. The number of nitrogens with one attached hydrogen (secondary N) is 2. The van der Waals surface area contributed by atoms with Gasteiger partial charge < -0.3 is 10.3 Å². The zero-order valence-corrected chi connectivity index (χ0v) is 14.7. The molecule has 7 heteroatoms. The summed E-state index contributed by atoms with van der Waals surface area (Å²) >= 11 is 1.66. The first-order valence-electron chi connectivity index (χ1n) is 8.61. The van der Waals surface area contributed by atoms with Gasteiger partial charge in [0.25, 0.3) is 5.56 Å². The zero-order valence-electron chi connectivity index (χ0n) is 13.9. The molecule has 1 fully saturated rings. The van der Waals surface area contributed by atoms with Crippen molar-refractivity contribution in [1.82, 2.24) is 20.2 Å². The van der Waals surface area contributed by atoms with Crippen molar-refractivity contribution >= 4 is 27.5 Å². The van der Waals surface area contributed by atoms with E-state index in [1.54, 1.807) is 11.3 Å². The Morgan fingerprint density at radius 1 is 1.38 bits per heavy atom. The number of aromatic amines is 1. The van der Waals surface area contributed by atoms with Gasteiger partial charge in [-0.1, -0.05) is 0 Å². The van der Waals surface area contributed by atoms with E-state index in [2.05, 4.69) is 15.3 Å². The molecule has 2 aliphatic carbocycles. The Morgan fingerprint density at radius 2 is 2.17 bits per heavy atom. The first-order valence-corrected chi connectivity index (χ1v) is 9.43. The number of likely N-dealkylation sites (N-methyl/N-ethyl adjacent to an activating group) is 1. The summed E-state index contributed by atoms with van der Waals surface area (Å²) in [6.45, 7) is 0.783. The highest BCUT2D eigenvalue weighted by Gasteiger charge is 2.24. The molecule has 2 heterocycles. The second kappa shape index (κ2) is 6.29. The van der Waals surface area contributed by atoms with E-state index in [-0.39, 0.29) is 11.5 Å². The van der Waals surface area contributed by atoms with Crippen molar-refractivity contribution in [3.63, 3.8) is 0 Å². The van der Waals surface area contributed by atoms with Crippen molar-refractivity contribution in [1.29, 1.82) is 0 Å². The van der Waals surface area contributed by atoms with Crippen molar-refractivity contribution < 1.29 is 4.79 Å². The zero-order chi connectivity index (χ0) is 16.7. The minimum atomic E-state index is -0.0368. The lowest BCUT2D eigenvalue weighted by molar-refractivity contribution is -0.122. The number of rotatable bonds is 5. The minimum absolute atomic E-state index is 0.0368. The molecule has 4 rings (SSSR count). The van der Waals surface area contributed by atoms with E-state index in [9.17, 15) is 9.59 Å². The van der Waals surface area contributed by atoms with Gasteiger partial charge in [-0.3, -0.25) is 14.5 Å². The summed E-state index contributed by atoms with van der Waals surface area (Å²) in [4.78, 5) is 36.0. The second-order valence-corrected chi connectivity index (χ2v) is 8.00. The number of H-pyrrole nitrogens is 1. The maximum absolute atomic E-state index is 12.5. The van der Waals surface area contributed by atoms with E-state index >= 15 is 0 Å². The van der Waals surface area contributed by atoms with Crippen LogP contribution in [0.25, 0.3) is 10.2 Å². The quantitative estimate of drug-likeness (QED) is 0.861. The molecule has 2 aromatic rings. The number of thiophene rings is 1. The smallest absolute Gasteiger partial charge is 0.259 e. The predicted molar refractivity (Wildman–Crippen MR) is 94.4 cm³/mol. The molecule has 2 aromatic heterocycles. The average molecular weight is 346 g/mol. The fraction of sp³-hybridized carbons (Fsp3) is 0.588. The highest BCUT2D eigenvalue weighted by molar-refractivity contribution is 7.18. The van der Waals surface area contributed by atoms with Crippen LogP contribution >= 0.6 is 11.3 Å². The van der Waals surface area contributed by atoms with Gasteiger partial charge >= 0.3 is 0 Å². The van der Waals surface area contributed by atoms with Crippen LogP contribution in [0.5, 0.6) is 0 Å². The van der Waals surface area contributed by atoms with Crippen LogP contribution in [0.3, 0.4) is 0 Å². The lowest BCUT2D eigenvalue weighted by Crippen LogP contribution is -2.36. The molecule has 2 N–H and O–H groups in total. The summed E-state index contributed by atoms with van der Waals surface area (Å²) < 4.78 is 0. The first kappa shape index (κ1) is 15.8. The van der Waals surface area contributed by atoms with Crippen LogP contribution in [-0.4, -0.2) is 40.4 Å². The Morgan fingerprint density at radius 3 is 2.96 bits per heavy atom. The van der Waals surface area contributed by atoms with E-state index in [0.717, 1.165) is 42.3 Å². The molecule has 2 aliphatic rings. The van der Waals surface area contributed by atoms with Gasteiger partial charge in [-0.2, -0.15) is 0 Å². The number of hydrogen-bond acceptors (Lipinski definition) is 5. The van der Waals surface area contributed by atoms with E-state index in [1.807, 2.05) is 11.9 Å². The average Bonchev–Trinajstić information content (AvgIpc) is 3.24. The number of aryl methyl sites for hydroxylation is 2. The molecule has 0 radical (unpaired) electrons. The maximum atomic E-state index is 12.5. The van der Waals surface area contributed by atoms with Gasteiger partial charge in [-0.15, -0.1) is 11.3 Å². The summed E-state index contributed by atoms with van der Waals surface area (Å²) in [5.74, 6) is 0.669. The van der Waals surface area contributed by atoms with Crippen molar-refractivity contribution in [3.8, 4) is 0 Å². The number of carbonyl (C=O) groups is 1. The van der Waals surface area contributed by atoms with E-state index in [1.165, 1.54) is 16.9 Å². The molecule has 1 amide bonds. The predicted octanol–water partition coefficient (Wildman–Crippen LogP) is 1.57. The summed E-state index contributed by atoms with van der Waals surface area (Å²) in [5.41, 5.74) is 1.17. The van der Waals surface area contributed by atoms with Crippen molar-refractivity contribution in [2.75, 3.05) is 13.6 Å². The van der Waals surface area contributed by atoms with Crippen LogP contribution < -0.4 is 10.9 Å². The monoisotopic (exact) mass is 346 g/mol. The fourth-order valence-electron chi connectivity index (χ4n) is 3.34. The molecular weight excluding hydrogens is 324 g/mol. The summed E-state index contributed by atoms with van der Waals surface area (Å²) in [7, 11) is 1.87. The summed E-state index contributed by atoms with van der Waals surface area (Å²) in [5, 5.41) is 3.76. The van der Waals surface area contributed by atoms with Gasteiger partial charge in [0.1, 0.15) is 10.7 Å². The van der Waals surface area contributed by atoms with Crippen LogP contribution in [0.2, 0.25) is 0 Å². The number of fused-ring (bicyclic) bond motifs is 3. The standard InChI is InChI=1S/C17H22N4O2S/c1-21(9-14(22)18-10-6-7-10)8-13-19-16(23)15-11-4-2-3-5-12(11)24-17(15)20-13/h10H,2-9H2,1H3,(H,18,22)(H,19,20,23). The third-order valence-corrected chi connectivity index (χ3v) is 5.84. The molecule has 0 bridgehead atoms. The number of carbonyl (C=O) groups excluding carboxylic acids is 1. The van der Waals surface area contributed by atoms with Gasteiger partial charge in [0, 0.05) is 10.9 Å². The molecule has 128 valence electrons. The molecular formula is C17H22N4O2S. The van der Waals surface area contributed by atoms with Crippen molar-refractivity contribution in [2.45, 2.75) is 51.1 Å². The van der Waals surface area contributed by atoms with E-state index in [4.69, 9.17) is 0 Å². The summed E-state index contributed by atoms with van der Waals surface area (Å²) in [6, 6.07) is 0.373. The number of aromatic nitrogens is 2. The Kier molecular flexibility index (Phi) is 4.14. The molecule has 0 saturated heterocycles. The van der Waals surface area contributed by atoms with Crippen LogP contribution in [0, 0.1) is 0 Å². The highest BCUT2D eigenvalue weighted by atomic mass is 32.1. The van der Waals surface area contributed by atoms with Crippen LogP contribution in [0.4, 0.5) is 0 Å². The number of nitrogens with zero attached hydrogens (tertiary/aromatic N) is 2. The first-order chi connectivity index (χ1) is 11.6. The van der Waals surface area contributed by atoms with Crippen LogP contribution in [-0.2, 0) is 24.2 Å². The largest absolute Gasteiger partial charge is 0.352 e. The molecule has 6 nitrogen and oxygen atoms in total. The molecule has 0 aliphatic heterocycles. The van der Waals surface area contributed by atoms with Crippen LogP contribution in [0.15, 0.2) is 4.79 Å². The molecule has 0 aromatic carbocycles. The Hall–Kier alpha value is -1.73. The molecule has 24 heavy (non-hydrogen) atoms. The molecule has 0 unspecified atom stereocenters. The van der Waals surface area contributed by atoms with Gasteiger partial charge in [0.15, 0.2) is 0 Å². The van der Waals surface area contributed by atoms with Crippen LogP contribution in [0.1, 0.15) is 41.9 Å². The van der Waals surface area contributed by atoms with Gasteiger partial charge in [0.05, 0.1) is 18.5 Å². The third kappa shape index (κ3) is 3.23. The normalized spacial score (nSPS) is 17.2. The van der Waals surface area contributed by atoms with Gasteiger partial charge in [0.2, 0.25) is 5.91 Å². The number of amides is 1. The molecule has 0 spiro atoms.